The van der Waals surface area contributed by atoms with Crippen molar-refractivity contribution in [2.75, 3.05) is 32.6 Å². The Balaban J connectivity index is 1.87. The first-order chi connectivity index (χ1) is 10.1. The SMILES string of the molecule is CC(Nc1ccc(OCCN(C)C)cc1)c1cccnc1. The average molecular weight is 285 g/mol. The van der Waals surface area contributed by atoms with Crippen LogP contribution in [0.3, 0.4) is 0 Å². The standard InChI is InChI=1S/C17H23N3O/c1-14(15-5-4-10-18-13-15)19-16-6-8-17(9-7-16)21-12-11-20(2)3/h4-10,13-14,19H,11-12H2,1-3H3. The average Bonchev–Trinajstić information content (AvgIpc) is 2.49. The van der Waals surface area contributed by atoms with Crippen LogP contribution in [0.2, 0.25) is 0 Å². The minimum absolute atomic E-state index is 0.221. The van der Waals surface area contributed by atoms with E-state index in [0.717, 1.165) is 18.0 Å². The fraction of sp³-hybridized carbons (Fsp3) is 0.353. The first-order valence-electron chi connectivity index (χ1n) is 7.19. The second-order valence-corrected chi connectivity index (χ2v) is 5.33. The van der Waals surface area contributed by atoms with Gasteiger partial charge in [0, 0.05) is 24.6 Å². The van der Waals surface area contributed by atoms with Crippen LogP contribution in [0, 0.1) is 0 Å². The van der Waals surface area contributed by atoms with Gasteiger partial charge in [0.1, 0.15) is 12.4 Å². The second-order valence-electron chi connectivity index (χ2n) is 5.33. The van der Waals surface area contributed by atoms with Crippen LogP contribution in [0.5, 0.6) is 5.75 Å². The molecule has 2 rings (SSSR count). The second kappa shape index (κ2) is 7.64. The summed E-state index contributed by atoms with van der Waals surface area (Å²) in [5.41, 5.74) is 2.25. The lowest BCUT2D eigenvalue weighted by Gasteiger charge is -2.16. The smallest absolute Gasteiger partial charge is 0.119 e. The van der Waals surface area contributed by atoms with Gasteiger partial charge in [-0.3, -0.25) is 4.98 Å². The number of ether oxygens (including phenoxy) is 1. The van der Waals surface area contributed by atoms with Crippen molar-refractivity contribution in [2.24, 2.45) is 0 Å². The molecule has 0 fully saturated rings. The number of nitrogens with zero attached hydrogens (tertiary/aromatic N) is 2. The number of rotatable bonds is 7. The number of nitrogens with one attached hydrogen (secondary N) is 1. The molecule has 4 heteroatoms. The third-order valence-electron chi connectivity index (χ3n) is 3.23. The quantitative estimate of drug-likeness (QED) is 0.847. The van der Waals surface area contributed by atoms with Crippen LogP contribution < -0.4 is 10.1 Å². The van der Waals surface area contributed by atoms with E-state index in [-0.39, 0.29) is 6.04 Å². The molecule has 1 N–H and O–H groups in total. The number of anilines is 1. The molecule has 0 saturated heterocycles. The Morgan fingerprint density at radius 1 is 1.19 bits per heavy atom. The molecule has 21 heavy (non-hydrogen) atoms. The maximum atomic E-state index is 5.68. The van der Waals surface area contributed by atoms with Crippen LogP contribution in [0.25, 0.3) is 0 Å². The number of benzene rings is 1. The predicted octanol–water partition coefficient (Wildman–Crippen LogP) is 3.20. The molecular weight excluding hydrogens is 262 g/mol. The van der Waals surface area contributed by atoms with Crippen molar-refractivity contribution in [3.05, 3.63) is 54.4 Å². The number of hydrogen-bond donors (Lipinski definition) is 1. The summed E-state index contributed by atoms with van der Waals surface area (Å²) >= 11 is 0. The zero-order valence-electron chi connectivity index (χ0n) is 12.9. The van der Waals surface area contributed by atoms with Crippen LogP contribution in [0.4, 0.5) is 5.69 Å². The van der Waals surface area contributed by atoms with Gasteiger partial charge < -0.3 is 15.0 Å². The highest BCUT2D eigenvalue weighted by molar-refractivity contribution is 5.48. The first-order valence-corrected chi connectivity index (χ1v) is 7.19. The van der Waals surface area contributed by atoms with E-state index in [2.05, 4.69) is 28.2 Å². The van der Waals surface area contributed by atoms with Gasteiger partial charge in [-0.15, -0.1) is 0 Å². The zero-order valence-corrected chi connectivity index (χ0v) is 12.9. The molecule has 1 aromatic heterocycles. The molecule has 0 radical (unpaired) electrons. The monoisotopic (exact) mass is 285 g/mol. The first kappa shape index (κ1) is 15.3. The molecule has 1 atom stereocenters. The van der Waals surface area contributed by atoms with Crippen molar-refractivity contribution in [3.63, 3.8) is 0 Å². The van der Waals surface area contributed by atoms with Crippen molar-refractivity contribution in [3.8, 4) is 5.75 Å². The Kier molecular flexibility index (Phi) is 5.58. The van der Waals surface area contributed by atoms with Gasteiger partial charge in [-0.1, -0.05) is 6.07 Å². The van der Waals surface area contributed by atoms with E-state index in [4.69, 9.17) is 4.74 Å². The summed E-state index contributed by atoms with van der Waals surface area (Å²) in [5.74, 6) is 0.899. The molecule has 1 heterocycles. The van der Waals surface area contributed by atoms with Gasteiger partial charge in [-0.2, -0.15) is 0 Å². The van der Waals surface area contributed by atoms with Crippen molar-refractivity contribution >= 4 is 5.69 Å². The fourth-order valence-electron chi connectivity index (χ4n) is 1.96. The molecule has 1 aromatic carbocycles. The molecule has 0 saturated carbocycles. The lowest BCUT2D eigenvalue weighted by atomic mass is 10.1. The van der Waals surface area contributed by atoms with Gasteiger partial charge in [0.15, 0.2) is 0 Å². The van der Waals surface area contributed by atoms with Crippen molar-refractivity contribution < 1.29 is 4.74 Å². The summed E-state index contributed by atoms with van der Waals surface area (Å²) in [6.45, 7) is 3.74. The van der Waals surface area contributed by atoms with Crippen LogP contribution in [-0.2, 0) is 0 Å². The third kappa shape index (κ3) is 5.08. The van der Waals surface area contributed by atoms with E-state index in [1.807, 2.05) is 50.6 Å². The summed E-state index contributed by atoms with van der Waals surface area (Å²) in [7, 11) is 4.08. The Labute approximate surface area is 126 Å². The molecule has 0 aliphatic heterocycles. The summed E-state index contributed by atoms with van der Waals surface area (Å²) in [6.07, 6.45) is 3.67. The lowest BCUT2D eigenvalue weighted by molar-refractivity contribution is 0.261. The highest BCUT2D eigenvalue weighted by atomic mass is 16.5. The minimum atomic E-state index is 0.221. The lowest BCUT2D eigenvalue weighted by Crippen LogP contribution is -2.19. The molecule has 0 aliphatic carbocycles. The molecule has 1 unspecified atom stereocenters. The largest absolute Gasteiger partial charge is 0.492 e. The Bertz CT molecular complexity index is 525. The van der Waals surface area contributed by atoms with E-state index in [1.165, 1.54) is 5.56 Å². The summed E-state index contributed by atoms with van der Waals surface area (Å²) in [5, 5.41) is 3.46. The van der Waals surface area contributed by atoms with Gasteiger partial charge >= 0.3 is 0 Å². The molecule has 2 aromatic rings. The number of hydrogen-bond acceptors (Lipinski definition) is 4. The molecule has 0 bridgehead atoms. The van der Waals surface area contributed by atoms with Crippen molar-refractivity contribution in [2.45, 2.75) is 13.0 Å². The number of aromatic nitrogens is 1. The van der Waals surface area contributed by atoms with Crippen LogP contribution in [0.15, 0.2) is 48.8 Å². The highest BCUT2D eigenvalue weighted by Gasteiger charge is 2.05. The maximum absolute atomic E-state index is 5.68. The summed E-state index contributed by atoms with van der Waals surface area (Å²) in [4.78, 5) is 6.25. The number of pyridine rings is 1. The van der Waals surface area contributed by atoms with Crippen LogP contribution in [-0.4, -0.2) is 37.1 Å². The van der Waals surface area contributed by atoms with Gasteiger partial charge in [-0.25, -0.2) is 0 Å². The van der Waals surface area contributed by atoms with Crippen molar-refractivity contribution in [1.82, 2.24) is 9.88 Å². The van der Waals surface area contributed by atoms with E-state index in [1.54, 1.807) is 6.20 Å². The number of likely N-dealkylation sites (N-methyl/N-ethyl adjacent to an activating group) is 1. The molecule has 4 nitrogen and oxygen atoms in total. The minimum Gasteiger partial charge on any atom is -0.492 e. The molecular formula is C17H23N3O. The fourth-order valence-corrected chi connectivity index (χ4v) is 1.96. The summed E-state index contributed by atoms with van der Waals surface area (Å²) < 4.78 is 5.68. The zero-order chi connectivity index (χ0) is 15.1. The maximum Gasteiger partial charge on any atom is 0.119 e. The van der Waals surface area contributed by atoms with Gasteiger partial charge in [0.25, 0.3) is 0 Å². The van der Waals surface area contributed by atoms with Gasteiger partial charge in [0.2, 0.25) is 0 Å². The normalized spacial score (nSPS) is 12.2. The predicted molar refractivity (Wildman–Crippen MR) is 86.8 cm³/mol. The Morgan fingerprint density at radius 3 is 2.57 bits per heavy atom. The van der Waals surface area contributed by atoms with Crippen LogP contribution >= 0.6 is 0 Å². The van der Waals surface area contributed by atoms with Gasteiger partial charge in [0.05, 0.1) is 6.04 Å². The van der Waals surface area contributed by atoms with Crippen LogP contribution in [0.1, 0.15) is 18.5 Å². The van der Waals surface area contributed by atoms with Crippen molar-refractivity contribution in [1.29, 1.82) is 0 Å². The highest BCUT2D eigenvalue weighted by Crippen LogP contribution is 2.21. The topological polar surface area (TPSA) is 37.4 Å². The molecule has 0 amide bonds. The van der Waals surface area contributed by atoms with E-state index in [0.29, 0.717) is 6.61 Å². The molecule has 0 spiro atoms. The molecule has 0 aliphatic rings. The van der Waals surface area contributed by atoms with E-state index < -0.39 is 0 Å². The van der Waals surface area contributed by atoms with E-state index >= 15 is 0 Å². The third-order valence-corrected chi connectivity index (χ3v) is 3.23. The molecule has 112 valence electrons. The summed E-state index contributed by atoms with van der Waals surface area (Å²) in [6, 6.07) is 12.3. The van der Waals surface area contributed by atoms with Gasteiger partial charge in [-0.05, 0) is 56.9 Å². The Hall–Kier alpha value is -2.07. The van der Waals surface area contributed by atoms with E-state index in [9.17, 15) is 0 Å². The Morgan fingerprint density at radius 2 is 1.95 bits per heavy atom.